The number of carbonyl (C=O) groups is 2. The molecule has 2 N–H and O–H groups in total. The Bertz CT molecular complexity index is 547. The van der Waals surface area contributed by atoms with E-state index in [0.29, 0.717) is 17.8 Å². The first-order chi connectivity index (χ1) is 11.0. The normalized spacial score (nSPS) is 16.6. The molecule has 23 heavy (non-hydrogen) atoms. The van der Waals surface area contributed by atoms with E-state index in [-0.39, 0.29) is 11.8 Å². The number of nitrogens with one attached hydrogen (secondary N) is 2. The van der Waals surface area contributed by atoms with E-state index in [1.165, 1.54) is 6.92 Å². The Kier molecular flexibility index (Phi) is 6.55. The highest BCUT2D eigenvalue weighted by atomic mass is 16.2. The molecule has 1 aromatic carbocycles. The molecule has 6 nitrogen and oxygen atoms in total. The molecular formula is C17H26N4O2. The van der Waals surface area contributed by atoms with Gasteiger partial charge in [-0.2, -0.15) is 0 Å². The predicted molar refractivity (Wildman–Crippen MR) is 92.5 cm³/mol. The summed E-state index contributed by atoms with van der Waals surface area (Å²) >= 11 is 0. The van der Waals surface area contributed by atoms with Crippen LogP contribution in [-0.4, -0.2) is 61.4 Å². The molecule has 6 heteroatoms. The first kappa shape index (κ1) is 17.4. The lowest BCUT2D eigenvalue weighted by molar-refractivity contribution is -0.116. The van der Waals surface area contributed by atoms with Crippen LogP contribution in [0.1, 0.15) is 19.8 Å². The molecule has 0 radical (unpaired) electrons. The topological polar surface area (TPSA) is 64.7 Å². The van der Waals surface area contributed by atoms with E-state index in [0.717, 1.165) is 39.1 Å². The molecule has 0 aliphatic carbocycles. The zero-order chi connectivity index (χ0) is 16.7. The number of rotatable bonds is 5. The van der Waals surface area contributed by atoms with Crippen LogP contribution in [0.2, 0.25) is 0 Å². The van der Waals surface area contributed by atoms with E-state index in [1.54, 1.807) is 12.1 Å². The van der Waals surface area contributed by atoms with Crippen LogP contribution in [0.4, 0.5) is 11.4 Å². The molecule has 1 heterocycles. The Morgan fingerprint density at radius 3 is 2.57 bits per heavy atom. The summed E-state index contributed by atoms with van der Waals surface area (Å²) in [5, 5.41) is 5.60. The Morgan fingerprint density at radius 2 is 1.83 bits per heavy atom. The smallest absolute Gasteiger partial charge is 0.225 e. The van der Waals surface area contributed by atoms with Crippen LogP contribution >= 0.6 is 0 Å². The van der Waals surface area contributed by atoms with Gasteiger partial charge in [-0.3, -0.25) is 9.59 Å². The van der Waals surface area contributed by atoms with E-state index in [9.17, 15) is 9.59 Å². The van der Waals surface area contributed by atoms with Gasteiger partial charge in [0.2, 0.25) is 11.8 Å². The Hall–Kier alpha value is -1.92. The number of carbonyl (C=O) groups excluding carboxylic acids is 2. The predicted octanol–water partition coefficient (Wildman–Crippen LogP) is 1.61. The molecule has 0 bridgehead atoms. The van der Waals surface area contributed by atoms with E-state index >= 15 is 0 Å². The minimum absolute atomic E-state index is 0.00239. The van der Waals surface area contributed by atoms with E-state index in [2.05, 4.69) is 27.5 Å². The summed E-state index contributed by atoms with van der Waals surface area (Å²) in [6.07, 6.45) is 1.63. The third kappa shape index (κ3) is 6.38. The number of hydrogen-bond donors (Lipinski definition) is 2. The number of likely N-dealkylation sites (N-methyl/N-ethyl adjacent to an activating group) is 1. The van der Waals surface area contributed by atoms with Gasteiger partial charge in [-0.05, 0) is 44.8 Å². The average molecular weight is 318 g/mol. The standard InChI is InChI=1S/C17H26N4O2/c1-14(22)18-15-5-3-6-16(13-15)19-17(23)7-10-21-9-4-8-20(2)11-12-21/h3,5-6,13H,4,7-12H2,1-2H3,(H,18,22)(H,19,23). The lowest BCUT2D eigenvalue weighted by Crippen LogP contribution is -2.31. The zero-order valence-electron chi connectivity index (χ0n) is 14.0. The zero-order valence-corrected chi connectivity index (χ0v) is 14.0. The van der Waals surface area contributed by atoms with Crippen LogP contribution in [0.25, 0.3) is 0 Å². The summed E-state index contributed by atoms with van der Waals surface area (Å²) in [6.45, 7) is 6.49. The van der Waals surface area contributed by atoms with Crippen molar-refractivity contribution in [3.05, 3.63) is 24.3 Å². The lowest BCUT2D eigenvalue weighted by atomic mass is 10.2. The van der Waals surface area contributed by atoms with Gasteiger partial charge in [-0.1, -0.05) is 6.07 Å². The van der Waals surface area contributed by atoms with Crippen molar-refractivity contribution < 1.29 is 9.59 Å². The van der Waals surface area contributed by atoms with Gasteiger partial charge >= 0.3 is 0 Å². The molecule has 0 atom stereocenters. The quantitative estimate of drug-likeness (QED) is 0.866. The molecule has 1 aliphatic heterocycles. The number of nitrogens with zero attached hydrogens (tertiary/aromatic N) is 2. The number of benzene rings is 1. The maximum absolute atomic E-state index is 12.1. The van der Waals surface area contributed by atoms with Gasteiger partial charge in [0, 0.05) is 44.4 Å². The molecule has 1 saturated heterocycles. The summed E-state index contributed by atoms with van der Waals surface area (Å²) in [7, 11) is 2.14. The molecule has 0 aromatic heterocycles. The van der Waals surface area contributed by atoms with Crippen LogP contribution < -0.4 is 10.6 Å². The second-order valence-electron chi connectivity index (χ2n) is 6.06. The second kappa shape index (κ2) is 8.64. The Balaban J connectivity index is 1.79. The fourth-order valence-electron chi connectivity index (χ4n) is 2.68. The van der Waals surface area contributed by atoms with E-state index < -0.39 is 0 Å². The minimum Gasteiger partial charge on any atom is -0.326 e. The molecule has 0 unspecified atom stereocenters. The summed E-state index contributed by atoms with van der Waals surface area (Å²) in [5.41, 5.74) is 1.39. The van der Waals surface area contributed by atoms with Crippen LogP contribution in [0.15, 0.2) is 24.3 Å². The summed E-state index contributed by atoms with van der Waals surface area (Å²) < 4.78 is 0. The third-order valence-corrected chi connectivity index (χ3v) is 3.93. The molecule has 1 fully saturated rings. The lowest BCUT2D eigenvalue weighted by Gasteiger charge is -2.19. The van der Waals surface area contributed by atoms with Crippen LogP contribution in [0.3, 0.4) is 0 Å². The Labute approximate surface area is 137 Å². The molecular weight excluding hydrogens is 292 g/mol. The molecule has 0 saturated carbocycles. The van der Waals surface area contributed by atoms with Crippen molar-refractivity contribution >= 4 is 23.2 Å². The Morgan fingerprint density at radius 1 is 1.09 bits per heavy atom. The van der Waals surface area contributed by atoms with Gasteiger partial charge in [0.1, 0.15) is 0 Å². The first-order valence-corrected chi connectivity index (χ1v) is 8.11. The van der Waals surface area contributed by atoms with Crippen molar-refractivity contribution in [3.8, 4) is 0 Å². The fraction of sp³-hybridized carbons (Fsp3) is 0.529. The third-order valence-electron chi connectivity index (χ3n) is 3.93. The van der Waals surface area contributed by atoms with E-state index in [4.69, 9.17) is 0 Å². The molecule has 0 spiro atoms. The first-order valence-electron chi connectivity index (χ1n) is 8.11. The number of hydrogen-bond acceptors (Lipinski definition) is 4. The van der Waals surface area contributed by atoms with Crippen molar-refractivity contribution in [1.29, 1.82) is 0 Å². The van der Waals surface area contributed by atoms with Gasteiger partial charge in [0.25, 0.3) is 0 Å². The molecule has 126 valence electrons. The van der Waals surface area contributed by atoms with E-state index in [1.807, 2.05) is 12.1 Å². The SMILES string of the molecule is CC(=O)Nc1cccc(NC(=O)CCN2CCCN(C)CC2)c1. The van der Waals surface area contributed by atoms with Crippen molar-refractivity contribution in [2.75, 3.05) is 50.4 Å². The number of amides is 2. The van der Waals surface area contributed by atoms with Gasteiger partial charge < -0.3 is 20.4 Å². The molecule has 2 amide bonds. The van der Waals surface area contributed by atoms with Crippen LogP contribution in [-0.2, 0) is 9.59 Å². The number of anilines is 2. The monoisotopic (exact) mass is 318 g/mol. The highest BCUT2D eigenvalue weighted by molar-refractivity contribution is 5.93. The summed E-state index contributed by atoms with van der Waals surface area (Å²) in [5.74, 6) is -0.123. The highest BCUT2D eigenvalue weighted by Gasteiger charge is 2.13. The van der Waals surface area contributed by atoms with Gasteiger partial charge in [0.05, 0.1) is 0 Å². The molecule has 1 aliphatic rings. The largest absolute Gasteiger partial charge is 0.326 e. The fourth-order valence-corrected chi connectivity index (χ4v) is 2.68. The highest BCUT2D eigenvalue weighted by Crippen LogP contribution is 2.15. The van der Waals surface area contributed by atoms with Crippen molar-refractivity contribution in [2.24, 2.45) is 0 Å². The van der Waals surface area contributed by atoms with Gasteiger partial charge in [-0.15, -0.1) is 0 Å². The summed E-state index contributed by atoms with van der Waals surface area (Å²) in [4.78, 5) is 27.8. The summed E-state index contributed by atoms with van der Waals surface area (Å²) in [6, 6.07) is 7.20. The van der Waals surface area contributed by atoms with Gasteiger partial charge in [-0.25, -0.2) is 0 Å². The van der Waals surface area contributed by atoms with Gasteiger partial charge in [0.15, 0.2) is 0 Å². The minimum atomic E-state index is -0.125. The van der Waals surface area contributed by atoms with Crippen molar-refractivity contribution in [3.63, 3.8) is 0 Å². The van der Waals surface area contributed by atoms with Crippen LogP contribution in [0.5, 0.6) is 0 Å². The molecule has 1 aromatic rings. The maximum Gasteiger partial charge on any atom is 0.225 e. The molecule has 2 rings (SSSR count). The maximum atomic E-state index is 12.1. The van der Waals surface area contributed by atoms with Crippen molar-refractivity contribution in [1.82, 2.24) is 9.80 Å². The second-order valence-corrected chi connectivity index (χ2v) is 6.06. The average Bonchev–Trinajstić information content (AvgIpc) is 2.69. The van der Waals surface area contributed by atoms with Crippen LogP contribution in [0, 0.1) is 0 Å². The van der Waals surface area contributed by atoms with Crippen molar-refractivity contribution in [2.45, 2.75) is 19.8 Å².